The van der Waals surface area contributed by atoms with Crippen LogP contribution in [0.15, 0.2) is 36.7 Å². The topological polar surface area (TPSA) is 102 Å². The average molecular weight is 454 g/mol. The lowest BCUT2D eigenvalue weighted by molar-refractivity contribution is -0.143. The maximum Gasteiger partial charge on any atom is 0.410 e. The maximum atomic E-state index is 12.5. The van der Waals surface area contributed by atoms with E-state index in [4.69, 9.17) is 9.47 Å². The summed E-state index contributed by atoms with van der Waals surface area (Å²) in [7, 11) is 1.80. The lowest BCUT2D eigenvalue weighted by atomic mass is 9.87. The number of rotatable bonds is 7. The second-order valence-electron chi connectivity index (χ2n) is 9.00. The number of ether oxygens (including phenoxy) is 2. The number of carbonyl (C=O) groups is 2. The molecule has 1 aromatic carbocycles. The SMILES string of the molecule is CN(C(=O)OCc1cnncc1-c1ccc(OC2CCC[C@H](C(=O)O)C2)cc1)C1CCCC1. The van der Waals surface area contributed by atoms with E-state index >= 15 is 0 Å². The zero-order chi connectivity index (χ0) is 23.2. The number of carboxylic acids is 1. The van der Waals surface area contributed by atoms with Crippen molar-refractivity contribution in [3.05, 3.63) is 42.2 Å². The number of nitrogens with zero attached hydrogens (tertiary/aromatic N) is 3. The molecule has 0 saturated heterocycles. The van der Waals surface area contributed by atoms with Gasteiger partial charge in [0, 0.05) is 24.2 Å². The Labute approximate surface area is 193 Å². The Morgan fingerprint density at radius 1 is 1.03 bits per heavy atom. The second kappa shape index (κ2) is 10.6. The van der Waals surface area contributed by atoms with Gasteiger partial charge in [-0.2, -0.15) is 10.2 Å². The third kappa shape index (κ3) is 5.80. The highest BCUT2D eigenvalue weighted by atomic mass is 16.6. The van der Waals surface area contributed by atoms with Gasteiger partial charge in [-0.15, -0.1) is 0 Å². The smallest absolute Gasteiger partial charge is 0.410 e. The van der Waals surface area contributed by atoms with E-state index in [9.17, 15) is 14.7 Å². The molecule has 2 fully saturated rings. The van der Waals surface area contributed by atoms with E-state index in [1.807, 2.05) is 24.3 Å². The Kier molecular flexibility index (Phi) is 7.42. The molecule has 8 nitrogen and oxygen atoms in total. The molecule has 33 heavy (non-hydrogen) atoms. The molecule has 1 amide bonds. The zero-order valence-corrected chi connectivity index (χ0v) is 19.0. The molecule has 2 atom stereocenters. The highest BCUT2D eigenvalue weighted by molar-refractivity contribution is 5.70. The number of aliphatic carboxylic acids is 1. The van der Waals surface area contributed by atoms with Crippen molar-refractivity contribution in [1.82, 2.24) is 15.1 Å². The molecule has 2 aromatic rings. The van der Waals surface area contributed by atoms with Crippen LogP contribution in [0.3, 0.4) is 0 Å². The van der Waals surface area contributed by atoms with Gasteiger partial charge < -0.3 is 19.5 Å². The van der Waals surface area contributed by atoms with Crippen LogP contribution >= 0.6 is 0 Å². The molecule has 176 valence electrons. The zero-order valence-electron chi connectivity index (χ0n) is 19.0. The van der Waals surface area contributed by atoms with E-state index in [0.717, 1.165) is 55.2 Å². The van der Waals surface area contributed by atoms with Gasteiger partial charge in [0.15, 0.2) is 0 Å². The Hall–Kier alpha value is -3.16. The predicted octanol–water partition coefficient (Wildman–Crippen LogP) is 4.68. The monoisotopic (exact) mass is 453 g/mol. The van der Waals surface area contributed by atoms with Crippen LogP contribution in [0.5, 0.6) is 5.75 Å². The van der Waals surface area contributed by atoms with Crippen molar-refractivity contribution in [1.29, 1.82) is 0 Å². The Balaban J connectivity index is 1.38. The van der Waals surface area contributed by atoms with Gasteiger partial charge in [-0.3, -0.25) is 4.79 Å². The van der Waals surface area contributed by atoms with Gasteiger partial charge in [-0.1, -0.05) is 25.0 Å². The Morgan fingerprint density at radius 2 is 1.76 bits per heavy atom. The quantitative estimate of drug-likeness (QED) is 0.649. The summed E-state index contributed by atoms with van der Waals surface area (Å²) in [6.45, 7) is 0.123. The van der Waals surface area contributed by atoms with Crippen LogP contribution < -0.4 is 4.74 Å². The third-order valence-electron chi connectivity index (χ3n) is 6.77. The van der Waals surface area contributed by atoms with Crippen LogP contribution in [0.2, 0.25) is 0 Å². The van der Waals surface area contributed by atoms with Crippen molar-refractivity contribution >= 4 is 12.1 Å². The molecule has 0 aliphatic heterocycles. The van der Waals surface area contributed by atoms with E-state index in [1.54, 1.807) is 24.3 Å². The predicted molar refractivity (Wildman–Crippen MR) is 122 cm³/mol. The van der Waals surface area contributed by atoms with Gasteiger partial charge in [-0.25, -0.2) is 4.79 Å². The lowest BCUT2D eigenvalue weighted by Crippen LogP contribution is -2.35. The number of hydrogen-bond acceptors (Lipinski definition) is 6. The maximum absolute atomic E-state index is 12.5. The molecule has 1 heterocycles. The van der Waals surface area contributed by atoms with Gasteiger partial charge in [-0.05, 0) is 56.2 Å². The minimum atomic E-state index is -0.744. The molecule has 0 radical (unpaired) electrons. The molecule has 0 bridgehead atoms. The molecule has 1 aromatic heterocycles. The first kappa shape index (κ1) is 23.0. The summed E-state index contributed by atoms with van der Waals surface area (Å²) in [5, 5.41) is 17.2. The third-order valence-corrected chi connectivity index (χ3v) is 6.77. The molecule has 1 unspecified atom stereocenters. The van der Waals surface area contributed by atoms with Crippen molar-refractivity contribution in [3.8, 4) is 16.9 Å². The number of benzene rings is 1. The van der Waals surface area contributed by atoms with Crippen molar-refractivity contribution in [2.45, 2.75) is 70.1 Å². The normalized spacial score (nSPS) is 20.9. The van der Waals surface area contributed by atoms with Gasteiger partial charge >= 0.3 is 12.1 Å². The van der Waals surface area contributed by atoms with E-state index in [-0.39, 0.29) is 30.8 Å². The van der Waals surface area contributed by atoms with Gasteiger partial charge in [0.1, 0.15) is 12.4 Å². The number of aromatic nitrogens is 2. The minimum absolute atomic E-state index is 0.0832. The molecular weight excluding hydrogens is 422 g/mol. The van der Waals surface area contributed by atoms with E-state index in [2.05, 4.69) is 10.2 Å². The molecular formula is C25H31N3O5. The second-order valence-corrected chi connectivity index (χ2v) is 9.00. The largest absolute Gasteiger partial charge is 0.490 e. The highest BCUT2D eigenvalue weighted by Gasteiger charge is 2.28. The summed E-state index contributed by atoms with van der Waals surface area (Å²) in [5.41, 5.74) is 2.54. The molecule has 1 N–H and O–H groups in total. The highest BCUT2D eigenvalue weighted by Crippen LogP contribution is 2.30. The number of amides is 1. The first-order valence-corrected chi connectivity index (χ1v) is 11.7. The Morgan fingerprint density at radius 3 is 2.48 bits per heavy atom. The fraction of sp³-hybridized carbons (Fsp3) is 0.520. The molecule has 0 spiro atoms. The summed E-state index contributed by atoms with van der Waals surface area (Å²) < 4.78 is 11.6. The van der Waals surface area contributed by atoms with Crippen LogP contribution in [0, 0.1) is 5.92 Å². The van der Waals surface area contributed by atoms with Gasteiger partial charge in [0.25, 0.3) is 0 Å². The van der Waals surface area contributed by atoms with Crippen LogP contribution in [-0.2, 0) is 16.1 Å². The fourth-order valence-electron chi connectivity index (χ4n) is 4.79. The Bertz CT molecular complexity index is 959. The van der Waals surface area contributed by atoms with Crippen LogP contribution in [-0.4, -0.2) is 51.5 Å². The van der Waals surface area contributed by atoms with E-state index in [1.165, 1.54) is 0 Å². The van der Waals surface area contributed by atoms with Crippen LogP contribution in [0.4, 0.5) is 4.79 Å². The molecule has 2 aliphatic carbocycles. The lowest BCUT2D eigenvalue weighted by Gasteiger charge is -2.27. The van der Waals surface area contributed by atoms with Gasteiger partial charge in [0.2, 0.25) is 0 Å². The molecule has 2 saturated carbocycles. The average Bonchev–Trinajstić information content (AvgIpc) is 3.38. The van der Waals surface area contributed by atoms with Gasteiger partial charge in [0.05, 0.1) is 24.4 Å². The van der Waals surface area contributed by atoms with Crippen molar-refractivity contribution < 1.29 is 24.2 Å². The number of carboxylic acid groups (broad SMARTS) is 1. The van der Waals surface area contributed by atoms with Crippen molar-refractivity contribution in [2.75, 3.05) is 7.05 Å². The molecule has 2 aliphatic rings. The van der Waals surface area contributed by atoms with E-state index in [0.29, 0.717) is 18.6 Å². The van der Waals surface area contributed by atoms with E-state index < -0.39 is 5.97 Å². The first-order chi connectivity index (χ1) is 16.0. The number of hydrogen-bond donors (Lipinski definition) is 1. The molecule has 4 rings (SSSR count). The summed E-state index contributed by atoms with van der Waals surface area (Å²) in [4.78, 5) is 25.5. The first-order valence-electron chi connectivity index (χ1n) is 11.7. The summed E-state index contributed by atoms with van der Waals surface area (Å²) in [6.07, 6.45) is 10.2. The fourth-order valence-corrected chi connectivity index (χ4v) is 4.79. The van der Waals surface area contributed by atoms with Crippen molar-refractivity contribution in [2.24, 2.45) is 5.92 Å². The summed E-state index contributed by atoms with van der Waals surface area (Å²) >= 11 is 0. The van der Waals surface area contributed by atoms with Crippen LogP contribution in [0.1, 0.15) is 56.9 Å². The van der Waals surface area contributed by atoms with Crippen LogP contribution in [0.25, 0.3) is 11.1 Å². The molecule has 8 heteroatoms. The standard InChI is InChI=1S/C25H31N3O5/c1-28(20-6-2-3-7-20)25(31)32-16-19-14-26-27-15-23(19)17-9-11-21(12-10-17)33-22-8-4-5-18(13-22)24(29)30/h9-12,14-15,18,20,22H,2-8,13,16H2,1H3,(H,29,30)/t18-,22?/m0/s1. The summed E-state index contributed by atoms with van der Waals surface area (Å²) in [6, 6.07) is 7.88. The number of carbonyl (C=O) groups excluding carboxylic acids is 1. The van der Waals surface area contributed by atoms with Crippen molar-refractivity contribution in [3.63, 3.8) is 0 Å². The summed E-state index contributed by atoms with van der Waals surface area (Å²) in [5.74, 6) is -0.363. The minimum Gasteiger partial charge on any atom is -0.490 e.